The maximum absolute atomic E-state index is 13.2. The van der Waals surface area contributed by atoms with Crippen LogP contribution < -0.4 is 5.32 Å². The largest absolute Gasteiger partial charge is 0.381 e. The molecule has 0 bridgehead atoms. The van der Waals surface area contributed by atoms with E-state index in [1.807, 2.05) is 0 Å². The van der Waals surface area contributed by atoms with Gasteiger partial charge in [-0.05, 0) is 49.4 Å². The highest BCUT2D eigenvalue weighted by molar-refractivity contribution is 6.31. The van der Waals surface area contributed by atoms with Crippen LogP contribution in [0, 0.1) is 11.7 Å². The molecule has 1 aromatic rings. The molecule has 2 rings (SSSR count). The molecule has 0 aromatic heterocycles. The minimum Gasteiger partial charge on any atom is -0.381 e. The van der Waals surface area contributed by atoms with Gasteiger partial charge < -0.3 is 10.1 Å². The maximum atomic E-state index is 13.2. The van der Waals surface area contributed by atoms with Gasteiger partial charge in [-0.2, -0.15) is 0 Å². The number of hydrogen-bond acceptors (Lipinski definition) is 2. The van der Waals surface area contributed by atoms with Gasteiger partial charge in [0.05, 0.1) is 0 Å². The summed E-state index contributed by atoms with van der Waals surface area (Å²) in [5, 5.41) is 4.07. The number of hydrogen-bond donors (Lipinski definition) is 1. The third-order valence-electron chi connectivity index (χ3n) is 3.65. The molecule has 1 heterocycles. The summed E-state index contributed by atoms with van der Waals surface area (Å²) >= 11 is 6.21. The third kappa shape index (κ3) is 3.91. The van der Waals surface area contributed by atoms with Gasteiger partial charge in [-0.3, -0.25) is 0 Å². The Balaban J connectivity index is 2.19. The van der Waals surface area contributed by atoms with E-state index >= 15 is 0 Å². The normalized spacial score (nSPS) is 18.5. The van der Waals surface area contributed by atoms with Crippen molar-refractivity contribution in [2.75, 3.05) is 19.8 Å². The lowest BCUT2D eigenvalue weighted by Crippen LogP contribution is -2.32. The number of rotatable bonds is 5. The fourth-order valence-electron chi connectivity index (χ4n) is 2.63. The Morgan fingerprint density at radius 1 is 1.42 bits per heavy atom. The Bertz CT molecular complexity index is 407. The van der Waals surface area contributed by atoms with Crippen LogP contribution in [0.4, 0.5) is 4.39 Å². The highest BCUT2D eigenvalue weighted by Gasteiger charge is 2.26. The predicted octanol–water partition coefficient (Wildman–Crippen LogP) is 3.95. The van der Waals surface area contributed by atoms with Gasteiger partial charge in [-0.15, -0.1) is 0 Å². The summed E-state index contributed by atoms with van der Waals surface area (Å²) in [5.41, 5.74) is 1.00. The van der Waals surface area contributed by atoms with Gasteiger partial charge in [-0.25, -0.2) is 4.39 Å². The zero-order chi connectivity index (χ0) is 13.7. The van der Waals surface area contributed by atoms with Crippen molar-refractivity contribution in [3.05, 3.63) is 34.6 Å². The highest BCUT2D eigenvalue weighted by Crippen LogP contribution is 2.34. The second kappa shape index (κ2) is 7.22. The lowest BCUT2D eigenvalue weighted by molar-refractivity contribution is 0.0536. The lowest BCUT2D eigenvalue weighted by atomic mass is 9.87. The van der Waals surface area contributed by atoms with Crippen molar-refractivity contribution in [2.45, 2.75) is 32.2 Å². The molecule has 106 valence electrons. The fourth-order valence-corrected chi connectivity index (χ4v) is 2.92. The van der Waals surface area contributed by atoms with E-state index in [2.05, 4.69) is 12.2 Å². The van der Waals surface area contributed by atoms with Crippen LogP contribution in [0.15, 0.2) is 18.2 Å². The smallest absolute Gasteiger partial charge is 0.124 e. The summed E-state index contributed by atoms with van der Waals surface area (Å²) in [4.78, 5) is 0. The van der Waals surface area contributed by atoms with Crippen molar-refractivity contribution < 1.29 is 9.13 Å². The van der Waals surface area contributed by atoms with E-state index in [4.69, 9.17) is 16.3 Å². The Labute approximate surface area is 119 Å². The molecule has 19 heavy (non-hydrogen) atoms. The van der Waals surface area contributed by atoms with Crippen LogP contribution in [0.2, 0.25) is 5.02 Å². The van der Waals surface area contributed by atoms with Crippen molar-refractivity contribution in [3.8, 4) is 0 Å². The summed E-state index contributed by atoms with van der Waals surface area (Å²) < 4.78 is 18.6. The van der Waals surface area contributed by atoms with Gasteiger partial charge in [0.1, 0.15) is 5.82 Å². The van der Waals surface area contributed by atoms with Crippen LogP contribution in [-0.4, -0.2) is 19.8 Å². The van der Waals surface area contributed by atoms with Crippen molar-refractivity contribution in [3.63, 3.8) is 0 Å². The Hall–Kier alpha value is -0.640. The van der Waals surface area contributed by atoms with E-state index < -0.39 is 0 Å². The molecule has 0 aliphatic carbocycles. The molecule has 2 nitrogen and oxygen atoms in total. The van der Waals surface area contributed by atoms with E-state index in [1.54, 1.807) is 6.07 Å². The minimum absolute atomic E-state index is 0.192. The number of halogens is 2. The standard InChI is InChI=1S/C15H21ClFNO/c1-2-7-18-15(11-5-8-19-9-6-11)13-4-3-12(17)10-14(13)16/h3-4,10-11,15,18H,2,5-9H2,1H3. The molecular formula is C15H21ClFNO. The average Bonchev–Trinajstić information content (AvgIpc) is 2.42. The Morgan fingerprint density at radius 3 is 2.79 bits per heavy atom. The SMILES string of the molecule is CCCNC(c1ccc(F)cc1Cl)C1CCOCC1. The van der Waals surface area contributed by atoms with E-state index in [0.717, 1.165) is 44.6 Å². The van der Waals surface area contributed by atoms with Crippen LogP contribution in [-0.2, 0) is 4.74 Å². The molecular weight excluding hydrogens is 265 g/mol. The predicted molar refractivity (Wildman–Crippen MR) is 76.0 cm³/mol. The highest BCUT2D eigenvalue weighted by atomic mass is 35.5. The van der Waals surface area contributed by atoms with Gasteiger partial charge in [0.15, 0.2) is 0 Å². The minimum atomic E-state index is -0.282. The molecule has 1 aliphatic heterocycles. The molecule has 1 aromatic carbocycles. The molecule has 0 saturated carbocycles. The Morgan fingerprint density at radius 2 is 2.16 bits per heavy atom. The van der Waals surface area contributed by atoms with Gasteiger partial charge in [0, 0.05) is 24.3 Å². The summed E-state index contributed by atoms with van der Waals surface area (Å²) in [5.74, 6) is 0.221. The first kappa shape index (κ1) is 14.8. The first-order valence-corrected chi connectivity index (χ1v) is 7.36. The molecule has 0 spiro atoms. The quantitative estimate of drug-likeness (QED) is 0.884. The average molecular weight is 286 g/mol. The first-order valence-electron chi connectivity index (χ1n) is 6.98. The summed E-state index contributed by atoms with van der Waals surface area (Å²) in [6, 6.07) is 4.88. The third-order valence-corrected chi connectivity index (χ3v) is 3.98. The first-order chi connectivity index (χ1) is 9.22. The van der Waals surface area contributed by atoms with Crippen LogP contribution in [0.25, 0.3) is 0 Å². The van der Waals surface area contributed by atoms with Crippen molar-refractivity contribution in [1.29, 1.82) is 0 Å². The van der Waals surface area contributed by atoms with Gasteiger partial charge in [-0.1, -0.05) is 24.6 Å². The monoisotopic (exact) mass is 285 g/mol. The summed E-state index contributed by atoms with van der Waals surface area (Å²) in [6.07, 6.45) is 3.11. The second-order valence-electron chi connectivity index (χ2n) is 5.05. The van der Waals surface area contributed by atoms with Gasteiger partial charge in [0.25, 0.3) is 0 Å². The number of ether oxygens (including phenoxy) is 1. The molecule has 1 aliphatic rings. The van der Waals surface area contributed by atoms with Gasteiger partial charge >= 0.3 is 0 Å². The molecule has 0 amide bonds. The molecule has 1 N–H and O–H groups in total. The molecule has 1 fully saturated rings. The van der Waals surface area contributed by atoms with Crippen molar-refractivity contribution >= 4 is 11.6 Å². The van der Waals surface area contributed by atoms with E-state index in [0.29, 0.717) is 10.9 Å². The fraction of sp³-hybridized carbons (Fsp3) is 0.600. The number of nitrogens with one attached hydrogen (secondary N) is 1. The Kier molecular flexibility index (Phi) is 5.61. The van der Waals surface area contributed by atoms with E-state index in [-0.39, 0.29) is 11.9 Å². The van der Waals surface area contributed by atoms with Crippen LogP contribution in [0.3, 0.4) is 0 Å². The molecule has 0 radical (unpaired) electrons. The molecule has 1 unspecified atom stereocenters. The van der Waals surface area contributed by atoms with Crippen molar-refractivity contribution in [2.24, 2.45) is 5.92 Å². The van der Waals surface area contributed by atoms with E-state index in [9.17, 15) is 4.39 Å². The second-order valence-corrected chi connectivity index (χ2v) is 5.45. The molecule has 4 heteroatoms. The molecule has 1 atom stereocenters. The topological polar surface area (TPSA) is 21.3 Å². The summed E-state index contributed by atoms with van der Waals surface area (Å²) in [6.45, 7) is 4.68. The van der Waals surface area contributed by atoms with Gasteiger partial charge in [0.2, 0.25) is 0 Å². The van der Waals surface area contributed by atoms with Crippen LogP contribution >= 0.6 is 11.6 Å². The zero-order valence-electron chi connectivity index (χ0n) is 11.3. The maximum Gasteiger partial charge on any atom is 0.124 e. The zero-order valence-corrected chi connectivity index (χ0v) is 12.0. The van der Waals surface area contributed by atoms with Crippen LogP contribution in [0.1, 0.15) is 37.8 Å². The van der Waals surface area contributed by atoms with Crippen molar-refractivity contribution in [1.82, 2.24) is 5.32 Å². The van der Waals surface area contributed by atoms with Crippen LogP contribution in [0.5, 0.6) is 0 Å². The summed E-state index contributed by atoms with van der Waals surface area (Å²) in [7, 11) is 0. The number of benzene rings is 1. The lowest BCUT2D eigenvalue weighted by Gasteiger charge is -2.32. The molecule has 1 saturated heterocycles. The van der Waals surface area contributed by atoms with E-state index in [1.165, 1.54) is 12.1 Å².